The molecule has 7 nitrogen and oxygen atoms in total. The number of fused-ring (bicyclic) bond motifs is 1. The molecular formula is C24H21N3O4S. The van der Waals surface area contributed by atoms with Crippen LogP contribution < -0.4 is 10.3 Å². The van der Waals surface area contributed by atoms with Crippen LogP contribution in [-0.4, -0.2) is 27.7 Å². The normalized spacial score (nSPS) is 11.5. The maximum atomic E-state index is 13.1. The van der Waals surface area contributed by atoms with Gasteiger partial charge >= 0.3 is 5.97 Å². The lowest BCUT2D eigenvalue weighted by Gasteiger charge is -2.10. The number of rotatable bonds is 7. The van der Waals surface area contributed by atoms with Crippen LogP contribution in [0.5, 0.6) is 5.75 Å². The van der Waals surface area contributed by atoms with Gasteiger partial charge in [-0.25, -0.2) is 9.78 Å². The van der Waals surface area contributed by atoms with E-state index in [2.05, 4.69) is 10.1 Å². The summed E-state index contributed by atoms with van der Waals surface area (Å²) in [5, 5.41) is 5.04. The lowest BCUT2D eigenvalue weighted by molar-refractivity contribution is -0.137. The lowest BCUT2D eigenvalue weighted by Crippen LogP contribution is -2.17. The van der Waals surface area contributed by atoms with Crippen molar-refractivity contribution >= 4 is 33.9 Å². The first-order valence-electron chi connectivity index (χ1n) is 10.0. The zero-order valence-corrected chi connectivity index (χ0v) is 18.5. The van der Waals surface area contributed by atoms with Crippen LogP contribution in [0.3, 0.4) is 0 Å². The van der Waals surface area contributed by atoms with Gasteiger partial charge in [0.1, 0.15) is 17.4 Å². The number of hydrogen-bond acceptors (Lipinski definition) is 7. The first-order valence-corrected chi connectivity index (χ1v) is 10.9. The van der Waals surface area contributed by atoms with Crippen molar-refractivity contribution in [2.24, 2.45) is 0 Å². The van der Waals surface area contributed by atoms with Crippen molar-refractivity contribution in [3.05, 3.63) is 92.8 Å². The summed E-state index contributed by atoms with van der Waals surface area (Å²) in [5.74, 6) is 0.119. The standard InChI is InChI=1S/C24H21N3O4S/c1-3-21-26-27-22(28)14-18(25-24(27)32-21)15-31-23(29)19(16-9-5-4-6-10-16)13-17-11-7-8-12-20(17)30-2/h4-14H,3,15H2,1-2H3. The predicted octanol–water partition coefficient (Wildman–Crippen LogP) is 4.01. The van der Waals surface area contributed by atoms with Gasteiger partial charge in [-0.2, -0.15) is 9.61 Å². The number of nitrogens with zero attached hydrogens (tertiary/aromatic N) is 3. The Morgan fingerprint density at radius 3 is 2.62 bits per heavy atom. The Morgan fingerprint density at radius 2 is 1.88 bits per heavy atom. The van der Waals surface area contributed by atoms with Gasteiger partial charge in [0.25, 0.3) is 5.56 Å². The maximum Gasteiger partial charge on any atom is 0.339 e. The maximum absolute atomic E-state index is 13.1. The summed E-state index contributed by atoms with van der Waals surface area (Å²) in [6.07, 6.45) is 2.45. The number of carbonyl (C=O) groups is 1. The Balaban J connectivity index is 1.63. The largest absolute Gasteiger partial charge is 0.496 e. The lowest BCUT2D eigenvalue weighted by atomic mass is 10.0. The molecule has 0 aliphatic rings. The number of esters is 1. The molecular weight excluding hydrogens is 426 g/mol. The molecule has 162 valence electrons. The van der Waals surface area contributed by atoms with Gasteiger partial charge in [-0.15, -0.1) is 0 Å². The second-order valence-electron chi connectivity index (χ2n) is 6.87. The molecule has 32 heavy (non-hydrogen) atoms. The molecule has 0 radical (unpaired) electrons. The van der Waals surface area contributed by atoms with Crippen molar-refractivity contribution in [1.29, 1.82) is 0 Å². The molecule has 0 fully saturated rings. The number of para-hydroxylation sites is 1. The summed E-state index contributed by atoms with van der Waals surface area (Å²) in [4.78, 5) is 30.3. The molecule has 0 N–H and O–H groups in total. The minimum atomic E-state index is -0.525. The molecule has 0 atom stereocenters. The van der Waals surface area contributed by atoms with Crippen molar-refractivity contribution in [2.75, 3.05) is 7.11 Å². The Labute approximate surface area is 188 Å². The molecule has 0 saturated carbocycles. The van der Waals surface area contributed by atoms with E-state index < -0.39 is 5.97 Å². The molecule has 4 aromatic rings. The van der Waals surface area contributed by atoms with Crippen molar-refractivity contribution < 1.29 is 14.3 Å². The molecule has 0 amide bonds. The summed E-state index contributed by atoms with van der Waals surface area (Å²) < 4.78 is 12.2. The first-order chi connectivity index (χ1) is 15.6. The SMILES string of the molecule is CCc1nn2c(=O)cc(COC(=O)C(=Cc3ccccc3OC)c3ccccc3)nc2s1. The zero-order chi connectivity index (χ0) is 22.5. The summed E-state index contributed by atoms with van der Waals surface area (Å²) in [6.45, 7) is 1.84. The molecule has 2 heterocycles. The molecule has 0 unspecified atom stereocenters. The third-order valence-corrected chi connectivity index (χ3v) is 5.79. The van der Waals surface area contributed by atoms with Crippen LogP contribution >= 0.6 is 11.3 Å². The van der Waals surface area contributed by atoms with E-state index in [1.165, 1.54) is 21.9 Å². The fraction of sp³-hybridized carbons (Fsp3) is 0.167. The van der Waals surface area contributed by atoms with Crippen LogP contribution in [0.2, 0.25) is 0 Å². The fourth-order valence-electron chi connectivity index (χ4n) is 3.15. The van der Waals surface area contributed by atoms with Crippen molar-refractivity contribution in [1.82, 2.24) is 14.6 Å². The Kier molecular flexibility index (Phi) is 6.42. The van der Waals surface area contributed by atoms with Crippen LogP contribution in [0.15, 0.2) is 65.5 Å². The van der Waals surface area contributed by atoms with E-state index in [0.717, 1.165) is 10.6 Å². The Bertz CT molecular complexity index is 1340. The molecule has 4 rings (SSSR count). The van der Waals surface area contributed by atoms with E-state index in [4.69, 9.17) is 9.47 Å². The number of benzene rings is 2. The van der Waals surface area contributed by atoms with Gasteiger partial charge in [-0.1, -0.05) is 66.8 Å². The molecule has 0 spiro atoms. The van der Waals surface area contributed by atoms with Crippen molar-refractivity contribution in [2.45, 2.75) is 20.0 Å². The van der Waals surface area contributed by atoms with Gasteiger partial charge < -0.3 is 9.47 Å². The Hall–Kier alpha value is -3.78. The summed E-state index contributed by atoms with van der Waals surface area (Å²) >= 11 is 1.34. The minimum Gasteiger partial charge on any atom is -0.496 e. The van der Waals surface area contributed by atoms with Crippen LogP contribution in [0.4, 0.5) is 0 Å². The monoisotopic (exact) mass is 447 g/mol. The quantitative estimate of drug-likeness (QED) is 0.242. The molecule has 0 aliphatic carbocycles. The third kappa shape index (κ3) is 4.60. The smallest absolute Gasteiger partial charge is 0.339 e. The van der Waals surface area contributed by atoms with Gasteiger partial charge in [0, 0.05) is 11.6 Å². The van der Waals surface area contributed by atoms with Gasteiger partial charge in [-0.3, -0.25) is 4.79 Å². The number of aryl methyl sites for hydroxylation is 1. The fourth-order valence-corrected chi connectivity index (χ4v) is 4.01. The molecule has 0 saturated heterocycles. The molecule has 0 aliphatic heterocycles. The highest BCUT2D eigenvalue weighted by molar-refractivity contribution is 7.16. The topological polar surface area (TPSA) is 82.8 Å². The van der Waals surface area contributed by atoms with E-state index in [1.807, 2.05) is 61.5 Å². The number of hydrogen-bond donors (Lipinski definition) is 0. The number of carbonyl (C=O) groups excluding carboxylic acids is 1. The number of aromatic nitrogens is 3. The minimum absolute atomic E-state index is 0.125. The van der Waals surface area contributed by atoms with E-state index in [-0.39, 0.29) is 12.2 Å². The second-order valence-corrected chi connectivity index (χ2v) is 7.91. The molecule has 0 bridgehead atoms. The van der Waals surface area contributed by atoms with Crippen LogP contribution in [-0.2, 0) is 22.6 Å². The van der Waals surface area contributed by atoms with Gasteiger partial charge in [0.15, 0.2) is 0 Å². The highest BCUT2D eigenvalue weighted by Crippen LogP contribution is 2.25. The third-order valence-electron chi connectivity index (χ3n) is 4.74. The van der Waals surface area contributed by atoms with Crippen LogP contribution in [0.1, 0.15) is 28.8 Å². The van der Waals surface area contributed by atoms with E-state index in [9.17, 15) is 9.59 Å². The molecule has 8 heteroatoms. The van der Waals surface area contributed by atoms with E-state index in [0.29, 0.717) is 34.0 Å². The summed E-state index contributed by atoms with van der Waals surface area (Å²) in [5.41, 5.74) is 1.91. The van der Waals surface area contributed by atoms with E-state index in [1.54, 1.807) is 13.2 Å². The molecule has 2 aromatic heterocycles. The summed E-state index contributed by atoms with van der Waals surface area (Å²) in [7, 11) is 1.58. The zero-order valence-electron chi connectivity index (χ0n) is 17.6. The average molecular weight is 448 g/mol. The Morgan fingerprint density at radius 1 is 1.12 bits per heavy atom. The van der Waals surface area contributed by atoms with Gasteiger partial charge in [0.2, 0.25) is 4.96 Å². The predicted molar refractivity (Wildman–Crippen MR) is 124 cm³/mol. The first kappa shape index (κ1) is 21.5. The highest BCUT2D eigenvalue weighted by atomic mass is 32.1. The van der Waals surface area contributed by atoms with Crippen LogP contribution in [0, 0.1) is 0 Å². The highest BCUT2D eigenvalue weighted by Gasteiger charge is 2.16. The van der Waals surface area contributed by atoms with Crippen molar-refractivity contribution in [3.63, 3.8) is 0 Å². The number of ether oxygens (including phenoxy) is 2. The van der Waals surface area contributed by atoms with Crippen LogP contribution in [0.25, 0.3) is 16.6 Å². The second kappa shape index (κ2) is 9.57. The number of methoxy groups -OCH3 is 1. The van der Waals surface area contributed by atoms with E-state index >= 15 is 0 Å². The van der Waals surface area contributed by atoms with Crippen molar-refractivity contribution in [3.8, 4) is 5.75 Å². The average Bonchev–Trinajstić information content (AvgIpc) is 3.26. The molecule has 2 aromatic carbocycles. The van der Waals surface area contributed by atoms with Gasteiger partial charge in [0.05, 0.1) is 18.4 Å². The van der Waals surface area contributed by atoms with Gasteiger partial charge in [-0.05, 0) is 24.1 Å². The summed E-state index contributed by atoms with van der Waals surface area (Å²) in [6, 6.07) is 18.0.